The smallest absolute Gasteiger partial charge is 0.236 e. The van der Waals surface area contributed by atoms with Gasteiger partial charge in [0.05, 0.1) is 23.5 Å². The van der Waals surface area contributed by atoms with Gasteiger partial charge < -0.3 is 0 Å². The normalized spacial score (nSPS) is 20.9. The Hall–Kier alpha value is -0.920. The summed E-state index contributed by atoms with van der Waals surface area (Å²) >= 11 is 3.31. The molecular formula is C13H16BrN3O2S. The Labute approximate surface area is 126 Å². The molecule has 0 spiro atoms. The quantitative estimate of drug-likeness (QED) is 0.774. The van der Waals surface area contributed by atoms with E-state index in [0.29, 0.717) is 10.1 Å². The summed E-state index contributed by atoms with van der Waals surface area (Å²) in [7, 11) is -1.32. The third-order valence-electron chi connectivity index (χ3n) is 3.83. The van der Waals surface area contributed by atoms with Crippen molar-refractivity contribution < 1.29 is 8.42 Å². The van der Waals surface area contributed by atoms with E-state index in [9.17, 15) is 8.42 Å². The van der Waals surface area contributed by atoms with Gasteiger partial charge in [-0.05, 0) is 54.5 Å². The molecule has 108 valence electrons. The first-order valence-corrected chi connectivity index (χ1v) is 9.10. The first-order chi connectivity index (χ1) is 9.38. The van der Waals surface area contributed by atoms with Crippen LogP contribution in [0.2, 0.25) is 0 Å². The second-order valence-electron chi connectivity index (χ2n) is 5.30. The van der Waals surface area contributed by atoms with Crippen LogP contribution in [0.25, 0.3) is 10.9 Å². The maximum Gasteiger partial charge on any atom is 0.236 e. The Kier molecular flexibility index (Phi) is 3.38. The molecule has 3 heterocycles. The molecule has 0 N–H and O–H groups in total. The molecule has 0 aromatic carbocycles. The van der Waals surface area contributed by atoms with Crippen LogP contribution in [0.15, 0.2) is 22.9 Å². The van der Waals surface area contributed by atoms with Crippen LogP contribution < -0.4 is 0 Å². The number of halogens is 1. The standard InChI is InChI=1S/C13H16BrN3O2S/c1-16-5-3-4-10(16)12-6-9-8-15-13(14)7-11(9)17(12)20(2,18)19/h6-8,10H,3-5H2,1-2H3/t10-/m1/s1. The summed E-state index contributed by atoms with van der Waals surface area (Å²) in [6.07, 6.45) is 5.03. The third-order valence-corrected chi connectivity index (χ3v) is 5.33. The van der Waals surface area contributed by atoms with Crippen molar-refractivity contribution in [3.8, 4) is 0 Å². The van der Waals surface area contributed by atoms with Crippen LogP contribution in [0.3, 0.4) is 0 Å². The minimum absolute atomic E-state index is 0.149. The van der Waals surface area contributed by atoms with Gasteiger partial charge in [0.15, 0.2) is 0 Å². The highest BCUT2D eigenvalue weighted by Crippen LogP contribution is 2.35. The minimum Gasteiger partial charge on any atom is -0.298 e. The van der Waals surface area contributed by atoms with E-state index in [1.54, 1.807) is 12.3 Å². The summed E-state index contributed by atoms with van der Waals surface area (Å²) in [6.45, 7) is 0.998. The van der Waals surface area contributed by atoms with E-state index < -0.39 is 10.0 Å². The topological polar surface area (TPSA) is 55.2 Å². The van der Waals surface area contributed by atoms with E-state index in [4.69, 9.17) is 0 Å². The van der Waals surface area contributed by atoms with Crippen molar-refractivity contribution in [3.63, 3.8) is 0 Å². The molecule has 2 aromatic rings. The molecule has 0 aliphatic carbocycles. The van der Waals surface area contributed by atoms with Crippen molar-refractivity contribution in [2.24, 2.45) is 0 Å². The van der Waals surface area contributed by atoms with E-state index in [0.717, 1.165) is 30.5 Å². The van der Waals surface area contributed by atoms with Crippen LogP contribution in [-0.2, 0) is 10.0 Å². The van der Waals surface area contributed by atoms with E-state index in [2.05, 4.69) is 25.8 Å². The van der Waals surface area contributed by atoms with Crippen LogP contribution in [0.4, 0.5) is 0 Å². The van der Waals surface area contributed by atoms with Crippen LogP contribution in [0, 0.1) is 0 Å². The van der Waals surface area contributed by atoms with E-state index in [1.807, 2.05) is 13.1 Å². The van der Waals surface area contributed by atoms with Gasteiger partial charge in [0.2, 0.25) is 10.0 Å². The second kappa shape index (κ2) is 4.82. The molecule has 1 atom stereocenters. The lowest BCUT2D eigenvalue weighted by molar-refractivity contribution is 0.311. The van der Waals surface area contributed by atoms with Crippen molar-refractivity contribution in [1.29, 1.82) is 0 Å². The molecule has 2 aromatic heterocycles. The Morgan fingerprint density at radius 3 is 2.75 bits per heavy atom. The molecule has 3 rings (SSSR count). The van der Waals surface area contributed by atoms with Crippen molar-refractivity contribution in [2.45, 2.75) is 18.9 Å². The SMILES string of the molecule is CN1CCC[C@@H]1c1cc2cnc(Br)cc2n1S(C)(=O)=O. The van der Waals surface area contributed by atoms with Gasteiger partial charge in [0, 0.05) is 11.6 Å². The molecular weight excluding hydrogens is 342 g/mol. The lowest BCUT2D eigenvalue weighted by Gasteiger charge is -2.21. The minimum atomic E-state index is -3.35. The predicted octanol–water partition coefficient (Wildman–Crippen LogP) is 2.37. The van der Waals surface area contributed by atoms with Crippen LogP contribution in [0.5, 0.6) is 0 Å². The van der Waals surface area contributed by atoms with E-state index in [-0.39, 0.29) is 6.04 Å². The molecule has 0 saturated carbocycles. The number of fused-ring (bicyclic) bond motifs is 1. The molecule has 1 fully saturated rings. The average molecular weight is 358 g/mol. The molecule has 7 heteroatoms. The van der Waals surface area contributed by atoms with Gasteiger partial charge in [0.1, 0.15) is 4.60 Å². The summed E-state index contributed by atoms with van der Waals surface area (Å²) in [5, 5.41) is 0.855. The van der Waals surface area contributed by atoms with Crippen molar-refractivity contribution in [2.75, 3.05) is 19.8 Å². The number of rotatable bonds is 2. The molecule has 0 bridgehead atoms. The molecule has 1 aliphatic rings. The first-order valence-electron chi connectivity index (χ1n) is 6.45. The Morgan fingerprint density at radius 2 is 2.15 bits per heavy atom. The van der Waals surface area contributed by atoms with Crippen molar-refractivity contribution in [1.82, 2.24) is 13.9 Å². The average Bonchev–Trinajstić information content (AvgIpc) is 2.90. The first kappa shape index (κ1) is 14.0. The van der Waals surface area contributed by atoms with Gasteiger partial charge in [-0.15, -0.1) is 0 Å². The van der Waals surface area contributed by atoms with Crippen LogP contribution in [-0.4, -0.2) is 42.1 Å². The third kappa shape index (κ3) is 2.27. The summed E-state index contributed by atoms with van der Waals surface area (Å²) in [4.78, 5) is 6.39. The maximum absolute atomic E-state index is 12.2. The zero-order valence-corrected chi connectivity index (χ0v) is 13.8. The number of hydrogen-bond acceptors (Lipinski definition) is 4. The van der Waals surface area contributed by atoms with Crippen molar-refractivity contribution >= 4 is 36.9 Å². The summed E-state index contributed by atoms with van der Waals surface area (Å²) in [5.74, 6) is 0. The predicted molar refractivity (Wildman–Crippen MR) is 82.3 cm³/mol. The zero-order chi connectivity index (χ0) is 14.5. The Morgan fingerprint density at radius 1 is 1.40 bits per heavy atom. The van der Waals surface area contributed by atoms with Gasteiger partial charge in [-0.25, -0.2) is 17.4 Å². The van der Waals surface area contributed by atoms with Gasteiger partial charge in [-0.1, -0.05) is 0 Å². The fourth-order valence-electron chi connectivity index (χ4n) is 2.96. The van der Waals surface area contributed by atoms with E-state index in [1.165, 1.54) is 10.2 Å². The Bertz CT molecular complexity index is 769. The second-order valence-corrected chi connectivity index (χ2v) is 7.94. The number of nitrogens with zero attached hydrogens (tertiary/aromatic N) is 3. The Balaban J connectivity index is 2.31. The lowest BCUT2D eigenvalue weighted by atomic mass is 10.1. The van der Waals surface area contributed by atoms with Gasteiger partial charge in [0.25, 0.3) is 0 Å². The number of pyridine rings is 1. The fourth-order valence-corrected chi connectivity index (χ4v) is 4.35. The highest BCUT2D eigenvalue weighted by atomic mass is 79.9. The largest absolute Gasteiger partial charge is 0.298 e. The van der Waals surface area contributed by atoms with Gasteiger partial charge in [-0.2, -0.15) is 0 Å². The van der Waals surface area contributed by atoms with E-state index >= 15 is 0 Å². The molecule has 1 saturated heterocycles. The molecule has 5 nitrogen and oxygen atoms in total. The number of hydrogen-bond donors (Lipinski definition) is 0. The van der Waals surface area contributed by atoms with Gasteiger partial charge >= 0.3 is 0 Å². The highest BCUT2D eigenvalue weighted by molar-refractivity contribution is 9.10. The molecule has 1 aliphatic heterocycles. The van der Waals surface area contributed by atoms with Crippen molar-refractivity contribution in [3.05, 3.63) is 28.6 Å². The number of likely N-dealkylation sites (tertiary alicyclic amines) is 1. The summed E-state index contributed by atoms with van der Waals surface area (Å²) in [5.41, 5.74) is 1.52. The molecule has 0 amide bonds. The lowest BCUT2D eigenvalue weighted by Crippen LogP contribution is -2.23. The zero-order valence-electron chi connectivity index (χ0n) is 11.4. The van der Waals surface area contributed by atoms with Gasteiger partial charge in [-0.3, -0.25) is 4.90 Å². The number of aromatic nitrogens is 2. The van der Waals surface area contributed by atoms with Crippen LogP contribution in [0.1, 0.15) is 24.6 Å². The maximum atomic E-state index is 12.2. The monoisotopic (exact) mass is 357 g/mol. The van der Waals surface area contributed by atoms with Crippen LogP contribution >= 0.6 is 15.9 Å². The fraction of sp³-hybridized carbons (Fsp3) is 0.462. The molecule has 0 unspecified atom stereocenters. The molecule has 0 radical (unpaired) electrons. The highest BCUT2D eigenvalue weighted by Gasteiger charge is 2.29. The molecule has 20 heavy (non-hydrogen) atoms. The summed E-state index contributed by atoms with van der Waals surface area (Å²) < 4.78 is 26.5. The summed E-state index contributed by atoms with van der Waals surface area (Å²) in [6, 6.07) is 3.85.